The maximum Gasteiger partial charge on any atom is 0.247 e. The molecule has 0 N–H and O–H groups in total. The second kappa shape index (κ2) is 5.52. The second-order valence-electron chi connectivity index (χ2n) is 5.30. The van der Waals surface area contributed by atoms with Crippen molar-refractivity contribution in [1.29, 1.82) is 0 Å². The van der Waals surface area contributed by atoms with Gasteiger partial charge in [0.15, 0.2) is 0 Å². The molecule has 1 aromatic carbocycles. The van der Waals surface area contributed by atoms with E-state index in [0.29, 0.717) is 17.0 Å². The minimum absolute atomic E-state index is 0.0627. The van der Waals surface area contributed by atoms with Crippen LogP contribution < -0.4 is 0 Å². The Morgan fingerprint density at radius 1 is 1.10 bits per heavy atom. The minimum Gasteiger partial charge on any atom is -0.223 e. The van der Waals surface area contributed by atoms with Crippen LogP contribution in [0.4, 0.5) is 4.39 Å². The molecule has 0 bridgehead atoms. The Morgan fingerprint density at radius 3 is 2.14 bits per heavy atom. The van der Waals surface area contributed by atoms with E-state index < -0.39 is 9.84 Å². The van der Waals surface area contributed by atoms with Gasteiger partial charge >= 0.3 is 0 Å². The molecule has 6 heteroatoms. The van der Waals surface area contributed by atoms with E-state index in [9.17, 15) is 12.8 Å². The standard InChI is InChI=1S/C15H17FN2O2S/c1-9(2)13-10(3)14(11-5-7-12(16)8-6-11)18-15(17-13)21(4,19)20/h5-9H,1-4H3. The van der Waals surface area contributed by atoms with Gasteiger partial charge in [-0.25, -0.2) is 22.8 Å². The van der Waals surface area contributed by atoms with Crippen molar-refractivity contribution >= 4 is 9.84 Å². The van der Waals surface area contributed by atoms with Crippen molar-refractivity contribution < 1.29 is 12.8 Å². The smallest absolute Gasteiger partial charge is 0.223 e. The molecule has 0 unspecified atom stereocenters. The fraction of sp³-hybridized carbons (Fsp3) is 0.333. The first-order valence-corrected chi connectivity index (χ1v) is 8.44. The lowest BCUT2D eigenvalue weighted by molar-refractivity contribution is 0.590. The first-order chi connectivity index (χ1) is 9.70. The predicted molar refractivity (Wildman–Crippen MR) is 79.4 cm³/mol. The monoisotopic (exact) mass is 308 g/mol. The number of nitrogens with zero attached hydrogens (tertiary/aromatic N) is 2. The summed E-state index contributed by atoms with van der Waals surface area (Å²) in [6.45, 7) is 5.73. The van der Waals surface area contributed by atoms with E-state index in [1.807, 2.05) is 20.8 Å². The Bertz CT molecular complexity index is 769. The molecule has 0 aliphatic heterocycles. The third-order valence-corrected chi connectivity index (χ3v) is 4.01. The van der Waals surface area contributed by atoms with E-state index in [1.54, 1.807) is 12.1 Å². The van der Waals surface area contributed by atoms with Crippen LogP contribution in [0.15, 0.2) is 29.4 Å². The number of aromatic nitrogens is 2. The average Bonchev–Trinajstić information content (AvgIpc) is 2.38. The summed E-state index contributed by atoms with van der Waals surface area (Å²) in [5, 5.41) is -0.198. The summed E-state index contributed by atoms with van der Waals surface area (Å²) in [4.78, 5) is 8.34. The van der Waals surface area contributed by atoms with E-state index >= 15 is 0 Å². The molecule has 0 saturated heterocycles. The van der Waals surface area contributed by atoms with Crippen LogP contribution in [-0.2, 0) is 9.84 Å². The van der Waals surface area contributed by atoms with Crippen LogP contribution in [0.3, 0.4) is 0 Å². The van der Waals surface area contributed by atoms with Crippen LogP contribution in [0, 0.1) is 12.7 Å². The molecule has 0 aliphatic rings. The molecular weight excluding hydrogens is 291 g/mol. The molecule has 4 nitrogen and oxygen atoms in total. The summed E-state index contributed by atoms with van der Waals surface area (Å²) >= 11 is 0. The van der Waals surface area contributed by atoms with Crippen molar-refractivity contribution in [1.82, 2.24) is 9.97 Å². The number of rotatable bonds is 3. The molecule has 0 spiro atoms. The number of benzene rings is 1. The Hall–Kier alpha value is -1.82. The zero-order valence-electron chi connectivity index (χ0n) is 12.4. The highest BCUT2D eigenvalue weighted by atomic mass is 32.2. The lowest BCUT2D eigenvalue weighted by Gasteiger charge is -2.14. The van der Waals surface area contributed by atoms with Crippen LogP contribution >= 0.6 is 0 Å². The molecule has 21 heavy (non-hydrogen) atoms. The van der Waals surface area contributed by atoms with Crippen LogP contribution in [0.2, 0.25) is 0 Å². The van der Waals surface area contributed by atoms with Gasteiger partial charge in [0.1, 0.15) is 5.82 Å². The molecule has 0 saturated carbocycles. The van der Waals surface area contributed by atoms with Gasteiger partial charge in [-0.1, -0.05) is 13.8 Å². The maximum atomic E-state index is 13.1. The fourth-order valence-corrected chi connectivity index (χ4v) is 2.65. The Kier molecular flexibility index (Phi) is 4.09. The lowest BCUT2D eigenvalue weighted by atomic mass is 10.00. The van der Waals surface area contributed by atoms with Crippen molar-refractivity contribution in [2.24, 2.45) is 0 Å². The number of hydrogen-bond donors (Lipinski definition) is 0. The highest BCUT2D eigenvalue weighted by molar-refractivity contribution is 7.90. The number of halogens is 1. The molecule has 0 atom stereocenters. The molecule has 1 aromatic heterocycles. The van der Waals surface area contributed by atoms with Crippen molar-refractivity contribution in [3.63, 3.8) is 0 Å². The van der Waals surface area contributed by atoms with E-state index in [2.05, 4.69) is 9.97 Å². The molecule has 0 radical (unpaired) electrons. The topological polar surface area (TPSA) is 59.9 Å². The van der Waals surface area contributed by atoms with Crippen LogP contribution in [0.5, 0.6) is 0 Å². The summed E-state index contributed by atoms with van der Waals surface area (Å²) in [7, 11) is -3.51. The molecule has 0 amide bonds. The zero-order valence-corrected chi connectivity index (χ0v) is 13.2. The highest BCUT2D eigenvalue weighted by Gasteiger charge is 2.19. The second-order valence-corrected chi connectivity index (χ2v) is 7.21. The first kappa shape index (κ1) is 15.6. The molecule has 1 heterocycles. The SMILES string of the molecule is Cc1c(-c2ccc(F)cc2)nc(S(C)(=O)=O)nc1C(C)C. The third kappa shape index (κ3) is 3.26. The summed E-state index contributed by atoms with van der Waals surface area (Å²) in [5.74, 6) is -0.287. The van der Waals surface area contributed by atoms with Gasteiger partial charge in [0.05, 0.1) is 11.4 Å². The van der Waals surface area contributed by atoms with Gasteiger partial charge in [-0.05, 0) is 42.7 Å². The van der Waals surface area contributed by atoms with Gasteiger partial charge in [0.25, 0.3) is 0 Å². The molecule has 2 rings (SSSR count). The Labute approximate surface area is 124 Å². The normalized spacial score (nSPS) is 11.9. The van der Waals surface area contributed by atoms with Gasteiger partial charge in [-0.2, -0.15) is 0 Å². The first-order valence-electron chi connectivity index (χ1n) is 6.54. The summed E-state index contributed by atoms with van der Waals surface area (Å²) in [6.07, 6.45) is 1.08. The molecule has 112 valence electrons. The van der Waals surface area contributed by atoms with Crippen LogP contribution in [-0.4, -0.2) is 24.6 Å². The Morgan fingerprint density at radius 2 is 1.67 bits per heavy atom. The third-order valence-electron chi connectivity index (χ3n) is 3.16. The van der Waals surface area contributed by atoms with Crippen molar-refractivity contribution in [3.05, 3.63) is 41.3 Å². The minimum atomic E-state index is -3.51. The zero-order chi connectivity index (χ0) is 15.8. The largest absolute Gasteiger partial charge is 0.247 e. The Balaban J connectivity index is 2.75. The lowest BCUT2D eigenvalue weighted by Crippen LogP contribution is -2.11. The van der Waals surface area contributed by atoms with Gasteiger partial charge in [0, 0.05) is 11.8 Å². The van der Waals surface area contributed by atoms with Gasteiger partial charge in [-0.15, -0.1) is 0 Å². The fourth-order valence-electron chi connectivity index (χ4n) is 2.13. The van der Waals surface area contributed by atoms with E-state index in [-0.39, 0.29) is 16.9 Å². The van der Waals surface area contributed by atoms with Crippen molar-refractivity contribution in [2.75, 3.05) is 6.26 Å². The van der Waals surface area contributed by atoms with Gasteiger partial charge in [0.2, 0.25) is 15.0 Å². The van der Waals surface area contributed by atoms with Gasteiger partial charge in [-0.3, -0.25) is 0 Å². The molecule has 0 fully saturated rings. The number of sulfone groups is 1. The maximum absolute atomic E-state index is 13.1. The van der Waals surface area contributed by atoms with E-state index in [4.69, 9.17) is 0 Å². The van der Waals surface area contributed by atoms with E-state index in [0.717, 1.165) is 11.8 Å². The van der Waals surface area contributed by atoms with Crippen molar-refractivity contribution in [2.45, 2.75) is 31.8 Å². The van der Waals surface area contributed by atoms with Crippen LogP contribution in [0.25, 0.3) is 11.3 Å². The molecular formula is C15H17FN2O2S. The summed E-state index contributed by atoms with van der Waals surface area (Å²) < 4.78 is 36.6. The van der Waals surface area contributed by atoms with E-state index in [1.165, 1.54) is 12.1 Å². The molecule has 0 aliphatic carbocycles. The number of hydrogen-bond acceptors (Lipinski definition) is 4. The summed E-state index contributed by atoms with van der Waals surface area (Å²) in [5.41, 5.74) is 2.69. The quantitative estimate of drug-likeness (QED) is 0.817. The molecule has 2 aromatic rings. The van der Waals surface area contributed by atoms with Crippen molar-refractivity contribution in [3.8, 4) is 11.3 Å². The van der Waals surface area contributed by atoms with Gasteiger partial charge < -0.3 is 0 Å². The summed E-state index contributed by atoms with van der Waals surface area (Å²) in [6, 6.07) is 5.82. The van der Waals surface area contributed by atoms with Crippen LogP contribution in [0.1, 0.15) is 31.0 Å². The highest BCUT2D eigenvalue weighted by Crippen LogP contribution is 2.28. The predicted octanol–water partition coefficient (Wildman–Crippen LogP) is 3.12. The average molecular weight is 308 g/mol.